The van der Waals surface area contributed by atoms with Crippen LogP contribution >= 0.6 is 0 Å². The van der Waals surface area contributed by atoms with Crippen LogP contribution in [0.5, 0.6) is 5.75 Å². The monoisotopic (exact) mass is 808 g/mol. The number of rotatable bonds is 10. The SMILES string of the molecule is Cc1cc(-c2ncnc3[nH]c(-c4ccc(N5CCN([C@H]6C[C@@H](c7ccc(O[C@H]8CCC(=O)NC8=O)cc7)C6)CC5)nc4)cc23)ccc1CNC(=O)c1nc(C(C)(C)C)no1. The number of anilines is 1. The molecule has 4 aromatic heterocycles. The van der Waals surface area contributed by atoms with E-state index in [1.807, 2.05) is 58.2 Å². The van der Waals surface area contributed by atoms with Crippen molar-refractivity contribution in [3.63, 3.8) is 0 Å². The molecular formula is C45H48N10O5. The van der Waals surface area contributed by atoms with Gasteiger partial charge in [-0.25, -0.2) is 15.0 Å². The van der Waals surface area contributed by atoms with E-state index in [0.717, 1.165) is 89.5 Å². The van der Waals surface area contributed by atoms with Crippen molar-refractivity contribution in [2.24, 2.45) is 0 Å². The third kappa shape index (κ3) is 8.09. The highest BCUT2D eigenvalue weighted by atomic mass is 16.5. The van der Waals surface area contributed by atoms with Crippen molar-refractivity contribution in [1.29, 1.82) is 0 Å². The van der Waals surface area contributed by atoms with Crippen LogP contribution in [0.4, 0.5) is 5.82 Å². The van der Waals surface area contributed by atoms with Gasteiger partial charge in [-0.3, -0.25) is 24.6 Å². The largest absolute Gasteiger partial charge is 0.481 e. The number of H-pyrrole nitrogens is 1. The fourth-order valence-electron chi connectivity index (χ4n) is 8.21. The van der Waals surface area contributed by atoms with Crippen LogP contribution in [0, 0.1) is 6.92 Å². The zero-order valence-electron chi connectivity index (χ0n) is 34.2. The van der Waals surface area contributed by atoms with E-state index < -0.39 is 12.0 Å². The number of pyridine rings is 1. The van der Waals surface area contributed by atoms with Crippen LogP contribution in [0.2, 0.25) is 0 Å². The van der Waals surface area contributed by atoms with Crippen LogP contribution in [0.25, 0.3) is 33.5 Å². The van der Waals surface area contributed by atoms with E-state index in [9.17, 15) is 14.4 Å². The Morgan fingerprint density at radius 1 is 0.950 bits per heavy atom. The average Bonchev–Trinajstić information content (AvgIpc) is 3.91. The summed E-state index contributed by atoms with van der Waals surface area (Å²) in [5.41, 5.74) is 7.35. The maximum atomic E-state index is 12.7. The number of imide groups is 1. The molecule has 0 spiro atoms. The van der Waals surface area contributed by atoms with Gasteiger partial charge < -0.3 is 24.5 Å². The molecule has 3 fully saturated rings. The molecule has 15 heteroatoms. The number of amides is 3. The van der Waals surface area contributed by atoms with E-state index >= 15 is 0 Å². The number of carbonyl (C=O) groups excluding carboxylic acids is 3. The van der Waals surface area contributed by atoms with Crippen LogP contribution in [0.1, 0.15) is 85.6 Å². The predicted molar refractivity (Wildman–Crippen MR) is 224 cm³/mol. The van der Waals surface area contributed by atoms with Gasteiger partial charge in [0.15, 0.2) is 11.9 Å². The number of nitrogens with zero attached hydrogens (tertiary/aromatic N) is 7. The van der Waals surface area contributed by atoms with E-state index in [1.54, 1.807) is 6.33 Å². The topological polar surface area (TPSA) is 184 Å². The molecule has 6 aromatic rings. The third-order valence-corrected chi connectivity index (χ3v) is 11.9. The highest BCUT2D eigenvalue weighted by Crippen LogP contribution is 2.41. The van der Waals surface area contributed by atoms with Crippen LogP contribution in [-0.4, -0.2) is 91.0 Å². The summed E-state index contributed by atoms with van der Waals surface area (Å²) in [6, 6.07) is 21.0. The summed E-state index contributed by atoms with van der Waals surface area (Å²) in [5, 5.41) is 10.1. The predicted octanol–water partition coefficient (Wildman–Crippen LogP) is 5.86. The first-order chi connectivity index (χ1) is 28.9. The lowest BCUT2D eigenvalue weighted by Gasteiger charge is -2.47. The Kier molecular flexibility index (Phi) is 10.4. The van der Waals surface area contributed by atoms with Crippen LogP contribution in [0.15, 0.2) is 77.7 Å². The van der Waals surface area contributed by atoms with Gasteiger partial charge in [0.2, 0.25) is 5.91 Å². The fourth-order valence-corrected chi connectivity index (χ4v) is 8.21. The second kappa shape index (κ2) is 15.9. The van der Waals surface area contributed by atoms with E-state index in [2.05, 4.69) is 81.9 Å². The first kappa shape index (κ1) is 39.0. The van der Waals surface area contributed by atoms with Crippen molar-refractivity contribution in [2.75, 3.05) is 31.1 Å². The maximum absolute atomic E-state index is 12.7. The van der Waals surface area contributed by atoms with Crippen molar-refractivity contribution in [3.8, 4) is 28.3 Å². The van der Waals surface area contributed by atoms with Crippen molar-refractivity contribution < 1.29 is 23.6 Å². The zero-order chi connectivity index (χ0) is 41.5. The molecule has 15 nitrogen and oxygen atoms in total. The van der Waals surface area contributed by atoms with Crippen molar-refractivity contribution in [1.82, 2.24) is 45.6 Å². The third-order valence-electron chi connectivity index (χ3n) is 11.9. The quantitative estimate of drug-likeness (QED) is 0.140. The van der Waals surface area contributed by atoms with Crippen molar-refractivity contribution in [2.45, 2.75) is 83.4 Å². The minimum absolute atomic E-state index is 0.0492. The molecule has 6 heterocycles. The molecule has 1 atom stereocenters. The van der Waals surface area contributed by atoms with Gasteiger partial charge in [-0.15, -0.1) is 0 Å². The van der Waals surface area contributed by atoms with Gasteiger partial charge in [0, 0.05) is 85.4 Å². The minimum atomic E-state index is -0.622. The highest BCUT2D eigenvalue weighted by molar-refractivity contribution is 6.00. The Labute approximate surface area is 347 Å². The van der Waals surface area contributed by atoms with Gasteiger partial charge in [-0.05, 0) is 78.8 Å². The Balaban J connectivity index is 0.774. The van der Waals surface area contributed by atoms with Crippen LogP contribution < -0.4 is 20.3 Å². The Morgan fingerprint density at radius 3 is 2.43 bits per heavy atom. The average molecular weight is 809 g/mol. The van der Waals surface area contributed by atoms with Gasteiger partial charge in [-0.1, -0.05) is 50.2 Å². The molecule has 2 saturated heterocycles. The lowest BCUT2D eigenvalue weighted by Crippen LogP contribution is -2.53. The number of piperidine rings is 1. The van der Waals surface area contributed by atoms with Gasteiger partial charge in [0.05, 0.1) is 5.69 Å². The van der Waals surface area contributed by atoms with Crippen LogP contribution in [0.3, 0.4) is 0 Å². The number of ether oxygens (including phenoxy) is 1. The zero-order valence-corrected chi connectivity index (χ0v) is 34.2. The summed E-state index contributed by atoms with van der Waals surface area (Å²) in [7, 11) is 0. The summed E-state index contributed by atoms with van der Waals surface area (Å²) in [5.74, 6) is 1.56. The Morgan fingerprint density at radius 2 is 1.73 bits per heavy atom. The Hall–Kier alpha value is -6.48. The fraction of sp³-hybridized carbons (Fsp3) is 0.378. The molecular weight excluding hydrogens is 761 g/mol. The lowest BCUT2D eigenvalue weighted by molar-refractivity contribution is -0.138. The van der Waals surface area contributed by atoms with Gasteiger partial charge in [0.25, 0.3) is 5.91 Å². The molecule has 3 aliphatic rings. The van der Waals surface area contributed by atoms with Crippen LogP contribution in [-0.2, 0) is 21.5 Å². The van der Waals surface area contributed by atoms with Crippen molar-refractivity contribution >= 4 is 34.6 Å². The molecule has 1 saturated carbocycles. The molecule has 3 N–H and O–H groups in total. The van der Waals surface area contributed by atoms with Gasteiger partial charge >= 0.3 is 11.8 Å². The van der Waals surface area contributed by atoms with E-state index in [-0.39, 0.29) is 23.1 Å². The molecule has 0 radical (unpaired) electrons. The number of hydrogen-bond acceptors (Lipinski definition) is 12. The number of hydrogen-bond donors (Lipinski definition) is 3. The summed E-state index contributed by atoms with van der Waals surface area (Å²) in [6.45, 7) is 12.1. The highest BCUT2D eigenvalue weighted by Gasteiger charge is 2.36. The summed E-state index contributed by atoms with van der Waals surface area (Å²) < 4.78 is 11.0. The number of fused-ring (bicyclic) bond motifs is 1. The molecule has 0 unspecified atom stereocenters. The van der Waals surface area contributed by atoms with E-state index in [0.29, 0.717) is 42.9 Å². The lowest BCUT2D eigenvalue weighted by atomic mass is 9.75. The molecule has 308 valence electrons. The number of aromatic nitrogens is 6. The molecule has 0 bridgehead atoms. The molecule has 1 aliphatic carbocycles. The van der Waals surface area contributed by atoms with Gasteiger partial charge in [0.1, 0.15) is 23.5 Å². The molecule has 2 aliphatic heterocycles. The number of aryl methyl sites for hydroxylation is 1. The second-order valence-corrected chi connectivity index (χ2v) is 17.0. The second-order valence-electron chi connectivity index (χ2n) is 17.0. The first-order valence-electron chi connectivity index (χ1n) is 20.6. The molecule has 9 rings (SSSR count). The normalized spacial score (nSPS) is 19.9. The summed E-state index contributed by atoms with van der Waals surface area (Å²) >= 11 is 0. The van der Waals surface area contributed by atoms with Crippen molar-refractivity contribution in [3.05, 3.63) is 102 Å². The van der Waals surface area contributed by atoms with E-state index in [4.69, 9.17) is 14.2 Å². The van der Waals surface area contributed by atoms with Gasteiger partial charge in [-0.2, -0.15) is 4.98 Å². The van der Waals surface area contributed by atoms with E-state index in [1.165, 1.54) is 5.56 Å². The molecule has 2 aromatic carbocycles. The molecule has 60 heavy (non-hydrogen) atoms. The smallest absolute Gasteiger partial charge is 0.315 e. The summed E-state index contributed by atoms with van der Waals surface area (Å²) in [4.78, 5) is 63.0. The number of nitrogens with one attached hydrogen (secondary N) is 3. The summed E-state index contributed by atoms with van der Waals surface area (Å²) in [6.07, 6.45) is 5.83. The number of benzene rings is 2. The molecule has 3 amide bonds. The maximum Gasteiger partial charge on any atom is 0.315 e. The number of carbonyl (C=O) groups is 3. The standard InChI is InChI=1S/C45H48N10O5/c1-26-19-28(5-6-29(26)23-47-42(58)43-52-44(53-60-43)45(2,3)4)39-34-22-35(50-40(34)49-25-48-39)30-9-13-37(46-24-30)55-17-15-54(16-18-55)32-20-31(21-32)27-7-10-33(11-8-27)59-36-12-14-38(56)51-41(36)57/h5-11,13,19,22,24-25,31-32,36H,12,14-18,20-21,23H2,1-4H3,(H,47,58)(H,48,49,50)(H,51,56,57)/t31-,32+,36-/m0/s1. The number of piperazine rings is 1. The minimum Gasteiger partial charge on any atom is -0.481 e. The number of aromatic amines is 1. The Bertz CT molecular complexity index is 2550. The first-order valence-corrected chi connectivity index (χ1v) is 20.6.